The molecule has 1 saturated carbocycles. The third kappa shape index (κ3) is 2.75. The average Bonchev–Trinajstić information content (AvgIpc) is 2.89. The number of hydrogen-bond donors (Lipinski definition) is 1. The lowest BCUT2D eigenvalue weighted by Gasteiger charge is -2.35. The zero-order valence-electron chi connectivity index (χ0n) is 10.6. The molecule has 0 aliphatic heterocycles. The van der Waals surface area contributed by atoms with Gasteiger partial charge in [-0.05, 0) is 48.6 Å². The van der Waals surface area contributed by atoms with Crippen LogP contribution in [-0.2, 0) is 10.0 Å². The quantitative estimate of drug-likeness (QED) is 0.943. The highest BCUT2D eigenvalue weighted by molar-refractivity contribution is 7.89. The number of halogens is 1. The van der Waals surface area contributed by atoms with Crippen LogP contribution in [-0.4, -0.2) is 14.5 Å². The molecular weight excluding hydrogens is 298 g/mol. The lowest BCUT2D eigenvalue weighted by molar-refractivity contribution is 0.323. The molecule has 1 aliphatic carbocycles. The van der Waals surface area contributed by atoms with Crippen molar-refractivity contribution >= 4 is 21.6 Å². The van der Waals surface area contributed by atoms with E-state index in [0.717, 1.165) is 12.8 Å². The van der Waals surface area contributed by atoms with Crippen LogP contribution in [0.25, 0.3) is 0 Å². The minimum Gasteiger partial charge on any atom is -0.452 e. The fourth-order valence-electron chi connectivity index (χ4n) is 2.42. The molecule has 0 radical (unpaired) electrons. The first-order valence-corrected chi connectivity index (χ1v) is 8.22. The van der Waals surface area contributed by atoms with Crippen molar-refractivity contribution in [2.45, 2.75) is 29.9 Å². The van der Waals surface area contributed by atoms with Crippen LogP contribution in [0, 0.1) is 0 Å². The Morgan fingerprint density at radius 1 is 1.15 bits per heavy atom. The van der Waals surface area contributed by atoms with Crippen LogP contribution in [0.3, 0.4) is 0 Å². The highest BCUT2D eigenvalue weighted by Crippen LogP contribution is 2.37. The van der Waals surface area contributed by atoms with E-state index >= 15 is 0 Å². The summed E-state index contributed by atoms with van der Waals surface area (Å²) in [5.74, 6) is 0.386. The second kappa shape index (κ2) is 5.24. The van der Waals surface area contributed by atoms with Gasteiger partial charge in [0.2, 0.25) is 5.09 Å². The number of rotatable bonds is 4. The maximum Gasteiger partial charge on any atom is 0.274 e. The minimum absolute atomic E-state index is 0.0348. The smallest absolute Gasteiger partial charge is 0.274 e. The van der Waals surface area contributed by atoms with E-state index in [1.54, 1.807) is 6.07 Å². The van der Waals surface area contributed by atoms with Crippen LogP contribution >= 0.6 is 11.6 Å². The zero-order valence-corrected chi connectivity index (χ0v) is 12.2. The molecule has 1 heterocycles. The molecule has 6 heteroatoms. The lowest BCUT2D eigenvalue weighted by atomic mass is 9.76. The molecule has 106 valence electrons. The molecule has 0 saturated heterocycles. The van der Waals surface area contributed by atoms with Crippen molar-refractivity contribution < 1.29 is 12.8 Å². The first kappa shape index (κ1) is 13.7. The molecule has 1 fully saturated rings. The van der Waals surface area contributed by atoms with Crippen LogP contribution < -0.4 is 4.72 Å². The van der Waals surface area contributed by atoms with Gasteiger partial charge in [-0.25, -0.2) is 13.1 Å². The minimum atomic E-state index is -3.53. The summed E-state index contributed by atoms with van der Waals surface area (Å²) >= 11 is 5.85. The monoisotopic (exact) mass is 311 g/mol. The number of benzene rings is 1. The van der Waals surface area contributed by atoms with Crippen molar-refractivity contribution in [1.82, 2.24) is 4.72 Å². The van der Waals surface area contributed by atoms with E-state index in [2.05, 4.69) is 4.72 Å². The summed E-state index contributed by atoms with van der Waals surface area (Å²) in [5, 5.41) is 0.676. The predicted molar refractivity (Wildman–Crippen MR) is 76.2 cm³/mol. The third-order valence-electron chi connectivity index (χ3n) is 3.56. The maximum absolute atomic E-state index is 12.0. The Labute approximate surface area is 122 Å². The van der Waals surface area contributed by atoms with Crippen LogP contribution in [0.4, 0.5) is 0 Å². The number of hydrogen-bond acceptors (Lipinski definition) is 3. The Morgan fingerprint density at radius 3 is 2.45 bits per heavy atom. The molecule has 20 heavy (non-hydrogen) atoms. The molecular formula is C14H14ClNO3S. The molecule has 0 spiro atoms. The van der Waals surface area contributed by atoms with Gasteiger partial charge in [0.15, 0.2) is 0 Å². The second-order valence-electron chi connectivity index (χ2n) is 4.97. The number of nitrogens with one attached hydrogen (secondary N) is 1. The second-order valence-corrected chi connectivity index (χ2v) is 7.05. The van der Waals surface area contributed by atoms with E-state index in [1.807, 2.05) is 24.3 Å². The van der Waals surface area contributed by atoms with E-state index in [0.29, 0.717) is 10.9 Å². The van der Waals surface area contributed by atoms with Gasteiger partial charge in [-0.15, -0.1) is 0 Å². The molecule has 0 atom stereocenters. The van der Waals surface area contributed by atoms with E-state index in [9.17, 15) is 8.42 Å². The molecule has 2 aromatic rings. The number of furan rings is 1. The van der Waals surface area contributed by atoms with Crippen molar-refractivity contribution in [1.29, 1.82) is 0 Å². The Balaban J connectivity index is 1.60. The van der Waals surface area contributed by atoms with Crippen LogP contribution in [0.15, 0.2) is 52.2 Å². The SMILES string of the molecule is O=S(=O)(NC1CC(c2ccc(Cl)cc2)C1)c1ccco1. The summed E-state index contributed by atoms with van der Waals surface area (Å²) in [6.45, 7) is 0. The summed E-state index contributed by atoms with van der Waals surface area (Å²) in [4.78, 5) is 0. The first-order valence-electron chi connectivity index (χ1n) is 6.36. The predicted octanol–water partition coefficient (Wildman–Crippen LogP) is 3.16. The molecule has 4 nitrogen and oxygen atoms in total. The van der Waals surface area contributed by atoms with Crippen LogP contribution in [0.5, 0.6) is 0 Å². The summed E-state index contributed by atoms with van der Waals surface area (Å²) in [7, 11) is -3.53. The van der Waals surface area contributed by atoms with E-state index in [1.165, 1.54) is 17.9 Å². The van der Waals surface area contributed by atoms with Crippen LogP contribution in [0.2, 0.25) is 5.02 Å². The summed E-state index contributed by atoms with van der Waals surface area (Å²) < 4.78 is 31.5. The van der Waals surface area contributed by atoms with E-state index in [4.69, 9.17) is 16.0 Å². The third-order valence-corrected chi connectivity index (χ3v) is 5.22. The fourth-order valence-corrected chi connectivity index (χ4v) is 3.73. The Morgan fingerprint density at radius 2 is 1.85 bits per heavy atom. The largest absolute Gasteiger partial charge is 0.452 e. The Bertz CT molecular complexity index is 674. The van der Waals surface area contributed by atoms with E-state index in [-0.39, 0.29) is 11.1 Å². The fraction of sp³-hybridized carbons (Fsp3) is 0.286. The average molecular weight is 312 g/mol. The van der Waals surface area contributed by atoms with Crippen molar-refractivity contribution in [2.75, 3.05) is 0 Å². The maximum atomic E-state index is 12.0. The van der Waals surface area contributed by atoms with Gasteiger partial charge in [-0.2, -0.15) is 0 Å². The van der Waals surface area contributed by atoms with Gasteiger partial charge in [-0.1, -0.05) is 23.7 Å². The van der Waals surface area contributed by atoms with Gasteiger partial charge >= 0.3 is 0 Å². The van der Waals surface area contributed by atoms with Crippen molar-refractivity contribution in [3.63, 3.8) is 0 Å². The molecule has 0 bridgehead atoms. The Hall–Kier alpha value is -1.30. The van der Waals surface area contributed by atoms with Crippen molar-refractivity contribution in [3.05, 3.63) is 53.2 Å². The zero-order chi connectivity index (χ0) is 14.2. The molecule has 1 N–H and O–H groups in total. The molecule has 3 rings (SSSR count). The molecule has 1 aliphatic rings. The standard InChI is InChI=1S/C14H14ClNO3S/c15-12-5-3-10(4-6-12)11-8-13(9-11)16-20(17,18)14-2-1-7-19-14/h1-7,11,13,16H,8-9H2. The molecule has 0 unspecified atom stereocenters. The van der Waals surface area contributed by atoms with Gasteiger partial charge in [-0.3, -0.25) is 0 Å². The topological polar surface area (TPSA) is 59.3 Å². The van der Waals surface area contributed by atoms with Crippen molar-refractivity contribution in [2.24, 2.45) is 0 Å². The van der Waals surface area contributed by atoms with Gasteiger partial charge in [0.25, 0.3) is 10.0 Å². The Kier molecular flexibility index (Phi) is 3.58. The highest BCUT2D eigenvalue weighted by atomic mass is 35.5. The normalized spacial score (nSPS) is 22.4. The number of sulfonamides is 1. The lowest BCUT2D eigenvalue weighted by Crippen LogP contribution is -2.43. The highest BCUT2D eigenvalue weighted by Gasteiger charge is 2.34. The molecule has 0 amide bonds. The van der Waals surface area contributed by atoms with Gasteiger partial charge in [0.05, 0.1) is 6.26 Å². The van der Waals surface area contributed by atoms with Gasteiger partial charge < -0.3 is 4.42 Å². The summed E-state index contributed by atoms with van der Waals surface area (Å²) in [6, 6.07) is 10.7. The van der Waals surface area contributed by atoms with Gasteiger partial charge in [0.1, 0.15) is 0 Å². The first-order chi connectivity index (χ1) is 9.54. The summed E-state index contributed by atoms with van der Waals surface area (Å²) in [6.07, 6.45) is 2.94. The molecule has 1 aromatic carbocycles. The van der Waals surface area contributed by atoms with Gasteiger partial charge in [0, 0.05) is 11.1 Å². The van der Waals surface area contributed by atoms with Crippen molar-refractivity contribution in [3.8, 4) is 0 Å². The summed E-state index contributed by atoms with van der Waals surface area (Å²) in [5.41, 5.74) is 1.20. The van der Waals surface area contributed by atoms with E-state index < -0.39 is 10.0 Å². The van der Waals surface area contributed by atoms with Crippen LogP contribution in [0.1, 0.15) is 24.3 Å². The molecule has 1 aromatic heterocycles.